The molecule has 0 unspecified atom stereocenters. The van der Waals surface area contributed by atoms with E-state index in [1.165, 1.54) is 6.42 Å². The molecule has 0 radical (unpaired) electrons. The van der Waals surface area contributed by atoms with Crippen LogP contribution in [0.3, 0.4) is 0 Å². The highest BCUT2D eigenvalue weighted by Gasteiger charge is 2.51. The van der Waals surface area contributed by atoms with Gasteiger partial charge in [-0.15, -0.1) is 0 Å². The number of rotatable bonds is 3. The van der Waals surface area contributed by atoms with Gasteiger partial charge in [-0.1, -0.05) is 6.07 Å². The molecular formula is C19H28BNO4. The van der Waals surface area contributed by atoms with Crippen LogP contribution in [0.5, 0.6) is 5.75 Å². The fraction of sp³-hybridized carbons (Fsp3) is 0.632. The summed E-state index contributed by atoms with van der Waals surface area (Å²) in [6.07, 6.45) is 3.31. The molecule has 0 aromatic heterocycles. The van der Waals surface area contributed by atoms with Crippen LogP contribution in [0.2, 0.25) is 0 Å². The van der Waals surface area contributed by atoms with Gasteiger partial charge in [-0.3, -0.25) is 4.79 Å². The van der Waals surface area contributed by atoms with E-state index >= 15 is 0 Å². The summed E-state index contributed by atoms with van der Waals surface area (Å²) in [7, 11) is 1.11. The number of hydrogen-bond acceptors (Lipinski definition) is 4. The molecule has 2 heterocycles. The lowest BCUT2D eigenvalue weighted by Gasteiger charge is -2.32. The van der Waals surface area contributed by atoms with Gasteiger partial charge < -0.3 is 18.9 Å². The second-order valence-electron chi connectivity index (χ2n) is 7.90. The van der Waals surface area contributed by atoms with E-state index in [0.29, 0.717) is 11.3 Å². The third-order valence-corrected chi connectivity index (χ3v) is 5.62. The summed E-state index contributed by atoms with van der Waals surface area (Å²) in [5.74, 6) is 0.616. The predicted octanol–water partition coefficient (Wildman–Crippen LogP) is 2.62. The number of carbonyl (C=O) groups excluding carboxylic acids is 1. The summed E-state index contributed by atoms with van der Waals surface area (Å²) in [6, 6.07) is 5.60. The maximum absolute atomic E-state index is 13.0. The first kappa shape index (κ1) is 18.3. The third-order valence-electron chi connectivity index (χ3n) is 5.62. The molecule has 0 bridgehead atoms. The summed E-state index contributed by atoms with van der Waals surface area (Å²) in [4.78, 5) is 14.9. The minimum absolute atomic E-state index is 0.0231. The molecule has 1 aromatic carbocycles. The molecule has 0 aliphatic carbocycles. The van der Waals surface area contributed by atoms with Crippen LogP contribution in [0, 0.1) is 0 Å². The Kier molecular flexibility index (Phi) is 4.86. The second kappa shape index (κ2) is 6.65. The minimum Gasteiger partial charge on any atom is -0.496 e. The van der Waals surface area contributed by atoms with Crippen molar-refractivity contribution in [2.75, 3.05) is 20.2 Å². The van der Waals surface area contributed by atoms with Crippen molar-refractivity contribution in [3.63, 3.8) is 0 Å². The second-order valence-corrected chi connectivity index (χ2v) is 7.90. The zero-order valence-electron chi connectivity index (χ0n) is 15.9. The van der Waals surface area contributed by atoms with Crippen LogP contribution in [0.25, 0.3) is 0 Å². The average molecular weight is 345 g/mol. The van der Waals surface area contributed by atoms with Gasteiger partial charge in [0, 0.05) is 13.1 Å². The van der Waals surface area contributed by atoms with Gasteiger partial charge in [0.15, 0.2) is 0 Å². The molecule has 5 nitrogen and oxygen atoms in total. The fourth-order valence-electron chi connectivity index (χ4n) is 3.29. The lowest BCUT2D eigenvalue weighted by atomic mass is 9.78. The van der Waals surface area contributed by atoms with E-state index in [2.05, 4.69) is 0 Å². The first-order valence-corrected chi connectivity index (χ1v) is 9.08. The van der Waals surface area contributed by atoms with Crippen LogP contribution >= 0.6 is 0 Å². The van der Waals surface area contributed by atoms with E-state index in [-0.39, 0.29) is 5.91 Å². The first-order chi connectivity index (χ1) is 11.7. The molecule has 0 spiro atoms. The summed E-state index contributed by atoms with van der Waals surface area (Å²) in [5.41, 5.74) is 0.611. The van der Waals surface area contributed by atoms with Crippen LogP contribution in [0.4, 0.5) is 0 Å². The number of benzene rings is 1. The zero-order valence-corrected chi connectivity index (χ0v) is 15.9. The monoisotopic (exact) mass is 345 g/mol. The maximum atomic E-state index is 13.0. The molecule has 0 saturated carbocycles. The Labute approximate surface area is 150 Å². The Morgan fingerprint density at radius 2 is 1.68 bits per heavy atom. The molecule has 2 aliphatic rings. The highest BCUT2D eigenvalue weighted by molar-refractivity contribution is 6.62. The fourth-order valence-corrected chi connectivity index (χ4v) is 3.29. The van der Waals surface area contributed by atoms with Crippen molar-refractivity contribution in [2.45, 2.75) is 58.2 Å². The van der Waals surface area contributed by atoms with E-state index in [0.717, 1.165) is 31.4 Å². The molecule has 0 N–H and O–H groups in total. The smallest absolute Gasteiger partial charge is 0.494 e. The Morgan fingerprint density at radius 3 is 2.24 bits per heavy atom. The topological polar surface area (TPSA) is 48.0 Å². The minimum atomic E-state index is -0.483. The molecule has 1 aromatic rings. The molecule has 6 heteroatoms. The van der Waals surface area contributed by atoms with Crippen molar-refractivity contribution in [3.05, 3.63) is 23.8 Å². The van der Waals surface area contributed by atoms with Crippen molar-refractivity contribution in [3.8, 4) is 5.75 Å². The van der Waals surface area contributed by atoms with E-state index in [9.17, 15) is 4.79 Å². The Bertz CT molecular complexity index is 637. The highest BCUT2D eigenvalue weighted by atomic mass is 16.7. The zero-order chi connectivity index (χ0) is 18.2. The molecule has 2 fully saturated rings. The van der Waals surface area contributed by atoms with Crippen LogP contribution < -0.4 is 10.2 Å². The SMILES string of the molecule is COc1ccc(B2OC(C)(C)C(C)(C)O2)cc1C(=O)N1CCCCC1. The average Bonchev–Trinajstić information content (AvgIpc) is 2.82. The van der Waals surface area contributed by atoms with Crippen molar-refractivity contribution >= 4 is 18.5 Å². The van der Waals surface area contributed by atoms with Crippen molar-refractivity contribution in [2.24, 2.45) is 0 Å². The van der Waals surface area contributed by atoms with Crippen LogP contribution in [-0.4, -0.2) is 49.3 Å². The molecule has 0 atom stereocenters. The Hall–Kier alpha value is -1.53. The van der Waals surface area contributed by atoms with Gasteiger partial charge in [0.25, 0.3) is 5.91 Å². The number of carbonyl (C=O) groups is 1. The summed E-state index contributed by atoms with van der Waals surface area (Å²) in [6.45, 7) is 9.71. The molecule has 136 valence electrons. The van der Waals surface area contributed by atoms with Gasteiger partial charge >= 0.3 is 7.12 Å². The first-order valence-electron chi connectivity index (χ1n) is 9.08. The summed E-state index contributed by atoms with van der Waals surface area (Å²) < 4.78 is 17.7. The van der Waals surface area contributed by atoms with Crippen molar-refractivity contribution in [1.82, 2.24) is 4.90 Å². The largest absolute Gasteiger partial charge is 0.496 e. The van der Waals surface area contributed by atoms with Gasteiger partial charge in [0.2, 0.25) is 0 Å². The lowest BCUT2D eigenvalue weighted by Crippen LogP contribution is -2.41. The van der Waals surface area contributed by atoms with Crippen molar-refractivity contribution < 1.29 is 18.8 Å². The number of hydrogen-bond donors (Lipinski definition) is 0. The highest BCUT2D eigenvalue weighted by Crippen LogP contribution is 2.36. The quantitative estimate of drug-likeness (QED) is 0.791. The van der Waals surface area contributed by atoms with Crippen molar-refractivity contribution in [1.29, 1.82) is 0 Å². The standard InChI is InChI=1S/C19H28BNO4/c1-18(2)19(3,4)25-20(24-18)14-9-10-16(23-5)15(13-14)17(22)21-11-7-6-8-12-21/h9-10,13H,6-8,11-12H2,1-5H3. The van der Waals surface area contributed by atoms with Gasteiger partial charge in [-0.05, 0) is 64.6 Å². The summed E-state index contributed by atoms with van der Waals surface area (Å²) in [5, 5.41) is 0. The van der Waals surface area contributed by atoms with E-state index in [1.807, 2.05) is 50.8 Å². The normalized spacial score (nSPS) is 22.1. The number of ether oxygens (including phenoxy) is 1. The lowest BCUT2D eigenvalue weighted by molar-refractivity contribution is 0.00578. The van der Waals surface area contributed by atoms with E-state index in [4.69, 9.17) is 14.0 Å². The van der Waals surface area contributed by atoms with Crippen LogP contribution in [0.15, 0.2) is 18.2 Å². The number of nitrogens with zero attached hydrogens (tertiary/aromatic N) is 1. The molecule has 2 saturated heterocycles. The van der Waals surface area contributed by atoms with Gasteiger partial charge in [0.05, 0.1) is 23.9 Å². The van der Waals surface area contributed by atoms with E-state index < -0.39 is 18.3 Å². The molecule has 25 heavy (non-hydrogen) atoms. The maximum Gasteiger partial charge on any atom is 0.494 e. The third kappa shape index (κ3) is 3.42. The number of piperidine rings is 1. The molecular weight excluding hydrogens is 317 g/mol. The number of amides is 1. The van der Waals surface area contributed by atoms with Gasteiger partial charge in [-0.2, -0.15) is 0 Å². The number of likely N-dealkylation sites (tertiary alicyclic amines) is 1. The Morgan fingerprint density at radius 1 is 1.08 bits per heavy atom. The van der Waals surface area contributed by atoms with Crippen LogP contribution in [0.1, 0.15) is 57.3 Å². The van der Waals surface area contributed by atoms with Gasteiger partial charge in [-0.25, -0.2) is 0 Å². The molecule has 1 amide bonds. The molecule has 2 aliphatic heterocycles. The summed E-state index contributed by atoms with van der Waals surface area (Å²) >= 11 is 0. The number of methoxy groups -OCH3 is 1. The predicted molar refractivity (Wildman–Crippen MR) is 98.5 cm³/mol. The van der Waals surface area contributed by atoms with Gasteiger partial charge in [0.1, 0.15) is 5.75 Å². The van der Waals surface area contributed by atoms with E-state index in [1.54, 1.807) is 7.11 Å². The Balaban J connectivity index is 1.89. The molecule has 3 rings (SSSR count). The van der Waals surface area contributed by atoms with Crippen LogP contribution in [-0.2, 0) is 9.31 Å².